The van der Waals surface area contributed by atoms with Crippen molar-refractivity contribution >= 4 is 17.2 Å². The molecule has 116 valence electrons. The van der Waals surface area contributed by atoms with Crippen LogP contribution in [0.2, 0.25) is 0 Å². The summed E-state index contributed by atoms with van der Waals surface area (Å²) >= 11 is 4.97. The average Bonchev–Trinajstić information content (AvgIpc) is 2.74. The number of nitrogens with zero attached hydrogens (tertiary/aromatic N) is 3. The first kappa shape index (κ1) is 16.5. The summed E-state index contributed by atoms with van der Waals surface area (Å²) < 4.78 is 0. The molecule has 0 unspecified atom stereocenters. The van der Waals surface area contributed by atoms with Crippen molar-refractivity contribution in [2.45, 2.75) is 19.9 Å². The van der Waals surface area contributed by atoms with Crippen LogP contribution in [-0.4, -0.2) is 41.0 Å². The predicted octanol–water partition coefficient (Wildman–Crippen LogP) is 2.28. The zero-order valence-corrected chi connectivity index (χ0v) is 13.8. The van der Waals surface area contributed by atoms with E-state index in [1.165, 1.54) is 5.56 Å². The van der Waals surface area contributed by atoms with Gasteiger partial charge >= 0.3 is 0 Å². The Morgan fingerprint density at radius 1 is 1.23 bits per heavy atom. The van der Waals surface area contributed by atoms with Gasteiger partial charge in [0.25, 0.3) is 0 Å². The Morgan fingerprint density at radius 3 is 2.59 bits per heavy atom. The first-order valence-corrected chi connectivity index (χ1v) is 7.94. The first-order valence-electron chi connectivity index (χ1n) is 7.54. The van der Waals surface area contributed by atoms with Gasteiger partial charge in [-0.3, -0.25) is 4.90 Å². The minimum atomic E-state index is 0.186. The van der Waals surface area contributed by atoms with E-state index in [4.69, 9.17) is 18.0 Å². The van der Waals surface area contributed by atoms with Crippen LogP contribution >= 0.6 is 12.2 Å². The molecule has 0 atom stereocenters. The number of nitriles is 1. The molecule has 1 aromatic rings. The molecule has 22 heavy (non-hydrogen) atoms. The summed E-state index contributed by atoms with van der Waals surface area (Å²) in [7, 11) is 0. The summed E-state index contributed by atoms with van der Waals surface area (Å²) in [5.41, 5.74) is 8.31. The third-order valence-electron chi connectivity index (χ3n) is 4.03. The minimum absolute atomic E-state index is 0.186. The molecule has 4 nitrogen and oxygen atoms in total. The second kappa shape index (κ2) is 7.92. The second-order valence-electron chi connectivity index (χ2n) is 5.54. The highest BCUT2D eigenvalue weighted by Gasteiger charge is 2.18. The Morgan fingerprint density at radius 2 is 1.95 bits per heavy atom. The number of benzene rings is 1. The highest BCUT2D eigenvalue weighted by atomic mass is 32.1. The lowest BCUT2D eigenvalue weighted by Crippen LogP contribution is -2.31. The standard InChI is InChI=1S/C17H22N4S/c1-14(16(12-18)17(19)22)21-9-5-8-20(10-11-21)13-15-6-3-2-4-7-15/h2-4,6-7H,5,8-11,13H2,1H3,(H2,19,22). The number of thiocarbonyl (C=S) groups is 1. The molecule has 1 aromatic carbocycles. The van der Waals surface area contributed by atoms with E-state index < -0.39 is 0 Å². The van der Waals surface area contributed by atoms with Gasteiger partial charge in [-0.15, -0.1) is 0 Å². The van der Waals surface area contributed by atoms with Crippen LogP contribution in [0.4, 0.5) is 0 Å². The molecule has 0 radical (unpaired) electrons. The van der Waals surface area contributed by atoms with Crippen molar-refractivity contribution in [3.05, 3.63) is 47.2 Å². The van der Waals surface area contributed by atoms with E-state index in [1.807, 2.05) is 13.0 Å². The van der Waals surface area contributed by atoms with E-state index in [-0.39, 0.29) is 4.99 Å². The van der Waals surface area contributed by atoms with Crippen LogP contribution in [0.3, 0.4) is 0 Å². The van der Waals surface area contributed by atoms with Gasteiger partial charge < -0.3 is 10.6 Å². The Labute approximate surface area is 137 Å². The van der Waals surface area contributed by atoms with E-state index in [1.54, 1.807) is 0 Å². The van der Waals surface area contributed by atoms with Crippen molar-refractivity contribution in [3.63, 3.8) is 0 Å². The smallest absolute Gasteiger partial charge is 0.116 e. The maximum atomic E-state index is 9.20. The van der Waals surface area contributed by atoms with Gasteiger partial charge in [-0.1, -0.05) is 42.5 Å². The van der Waals surface area contributed by atoms with E-state index in [9.17, 15) is 5.26 Å². The van der Waals surface area contributed by atoms with E-state index in [0.29, 0.717) is 5.57 Å². The molecule has 0 aliphatic carbocycles. The maximum Gasteiger partial charge on any atom is 0.116 e. The van der Waals surface area contributed by atoms with Crippen molar-refractivity contribution < 1.29 is 0 Å². The quantitative estimate of drug-likeness (QED) is 0.525. The van der Waals surface area contributed by atoms with Crippen LogP contribution in [0.25, 0.3) is 0 Å². The van der Waals surface area contributed by atoms with Crippen molar-refractivity contribution in [3.8, 4) is 6.07 Å². The van der Waals surface area contributed by atoms with Crippen LogP contribution in [-0.2, 0) is 6.54 Å². The van der Waals surface area contributed by atoms with E-state index in [0.717, 1.165) is 44.8 Å². The largest absolute Gasteiger partial charge is 0.389 e. The molecule has 1 heterocycles. The molecule has 0 saturated carbocycles. The van der Waals surface area contributed by atoms with Crippen LogP contribution in [0.15, 0.2) is 41.6 Å². The first-order chi connectivity index (χ1) is 10.6. The number of nitrogens with two attached hydrogens (primary N) is 1. The second-order valence-corrected chi connectivity index (χ2v) is 5.98. The van der Waals surface area contributed by atoms with Crippen LogP contribution in [0.5, 0.6) is 0 Å². The summed E-state index contributed by atoms with van der Waals surface area (Å²) in [6, 6.07) is 12.6. The number of hydrogen-bond donors (Lipinski definition) is 1. The van der Waals surface area contributed by atoms with Crippen molar-refractivity contribution in [1.29, 1.82) is 5.26 Å². The molecule has 5 heteroatoms. The van der Waals surface area contributed by atoms with Gasteiger partial charge in [0.1, 0.15) is 16.6 Å². The lowest BCUT2D eigenvalue weighted by Gasteiger charge is -2.25. The maximum absolute atomic E-state index is 9.20. The van der Waals surface area contributed by atoms with Crippen LogP contribution in [0.1, 0.15) is 18.9 Å². The molecule has 1 aliphatic heterocycles. The fourth-order valence-electron chi connectivity index (χ4n) is 2.78. The zero-order chi connectivity index (χ0) is 15.9. The highest BCUT2D eigenvalue weighted by Crippen LogP contribution is 2.15. The van der Waals surface area contributed by atoms with Crippen LogP contribution in [0, 0.1) is 11.3 Å². The van der Waals surface area contributed by atoms with E-state index >= 15 is 0 Å². The Balaban J connectivity index is 2.01. The normalized spacial score (nSPS) is 17.4. The number of hydrogen-bond acceptors (Lipinski definition) is 4. The zero-order valence-electron chi connectivity index (χ0n) is 13.0. The molecule has 1 fully saturated rings. The minimum Gasteiger partial charge on any atom is -0.389 e. The van der Waals surface area contributed by atoms with Gasteiger partial charge in [0.05, 0.1) is 0 Å². The van der Waals surface area contributed by atoms with Crippen LogP contribution < -0.4 is 5.73 Å². The summed E-state index contributed by atoms with van der Waals surface area (Å²) in [5, 5.41) is 9.20. The predicted molar refractivity (Wildman–Crippen MR) is 93.0 cm³/mol. The summed E-state index contributed by atoms with van der Waals surface area (Å²) in [6.45, 7) is 6.77. The Bertz CT molecular complexity index is 588. The third kappa shape index (κ3) is 4.30. The fraction of sp³-hybridized carbons (Fsp3) is 0.412. The molecule has 1 aliphatic rings. The van der Waals surface area contributed by atoms with Gasteiger partial charge in [0.15, 0.2) is 0 Å². The lowest BCUT2D eigenvalue weighted by molar-refractivity contribution is 0.271. The Kier molecular flexibility index (Phi) is 5.93. The molecule has 2 N–H and O–H groups in total. The van der Waals surface area contributed by atoms with E-state index in [2.05, 4.69) is 40.1 Å². The molecule has 0 aromatic heterocycles. The monoisotopic (exact) mass is 314 g/mol. The molecular weight excluding hydrogens is 292 g/mol. The van der Waals surface area contributed by atoms with Gasteiger partial charge in [-0.2, -0.15) is 5.26 Å². The van der Waals surface area contributed by atoms with Gasteiger partial charge in [-0.25, -0.2) is 0 Å². The van der Waals surface area contributed by atoms with Crippen molar-refractivity contribution in [2.75, 3.05) is 26.2 Å². The fourth-order valence-corrected chi connectivity index (χ4v) is 2.97. The highest BCUT2D eigenvalue weighted by molar-refractivity contribution is 7.80. The van der Waals surface area contributed by atoms with Gasteiger partial charge in [0.2, 0.25) is 0 Å². The van der Waals surface area contributed by atoms with Gasteiger partial charge in [-0.05, 0) is 18.9 Å². The average molecular weight is 314 g/mol. The number of allylic oxidation sites excluding steroid dienone is 1. The number of rotatable bonds is 4. The van der Waals surface area contributed by atoms with Crippen molar-refractivity contribution in [2.24, 2.45) is 5.73 Å². The molecule has 0 amide bonds. The molecule has 2 rings (SSSR count). The lowest BCUT2D eigenvalue weighted by atomic mass is 10.2. The molecule has 0 spiro atoms. The van der Waals surface area contributed by atoms with Gasteiger partial charge in [0, 0.05) is 38.4 Å². The molecular formula is C17H22N4S. The SMILES string of the molecule is CC(=C(C#N)C(N)=S)N1CCCN(Cc2ccccc2)CC1. The molecule has 1 saturated heterocycles. The third-order valence-corrected chi connectivity index (χ3v) is 4.24. The Hall–Kier alpha value is -1.90. The summed E-state index contributed by atoms with van der Waals surface area (Å²) in [5.74, 6) is 0. The molecule has 0 bridgehead atoms. The summed E-state index contributed by atoms with van der Waals surface area (Å²) in [4.78, 5) is 4.86. The topological polar surface area (TPSA) is 56.3 Å². The van der Waals surface area contributed by atoms with Crippen molar-refractivity contribution in [1.82, 2.24) is 9.80 Å². The summed E-state index contributed by atoms with van der Waals surface area (Å²) in [6.07, 6.45) is 1.07.